The Bertz CT molecular complexity index is 3220. The summed E-state index contributed by atoms with van der Waals surface area (Å²) in [6, 6.07) is 64.5. The minimum absolute atomic E-state index is 0.769. The molecule has 260 valence electrons. The molecule has 0 bridgehead atoms. The monoisotopic (exact) mass is 722 g/mol. The van der Waals surface area contributed by atoms with Crippen LogP contribution in [0.1, 0.15) is 12.7 Å². The number of aromatic nitrogens is 2. The molecular weight excluding hydrogens is 688 g/mol. The van der Waals surface area contributed by atoms with Gasteiger partial charge in [0.05, 0.1) is 16.7 Å². The second kappa shape index (κ2) is 12.2. The topological polar surface area (TPSA) is 34.9 Å². The van der Waals surface area contributed by atoms with Crippen LogP contribution in [0.15, 0.2) is 182 Å². The number of aryl methyl sites for hydroxylation is 1. The Morgan fingerprint density at radius 2 is 1.13 bits per heavy atom. The third-order valence-electron chi connectivity index (χ3n) is 11.5. The molecular formula is C51H35N2OP. The van der Waals surface area contributed by atoms with Gasteiger partial charge in [-0.1, -0.05) is 153 Å². The first kappa shape index (κ1) is 31.9. The number of para-hydroxylation sites is 1. The number of rotatable bonds is 5. The zero-order chi connectivity index (χ0) is 36.7. The van der Waals surface area contributed by atoms with Crippen LogP contribution in [0.5, 0.6) is 0 Å². The van der Waals surface area contributed by atoms with E-state index in [0.29, 0.717) is 0 Å². The summed E-state index contributed by atoms with van der Waals surface area (Å²) >= 11 is 0. The molecule has 11 rings (SSSR count). The lowest BCUT2D eigenvalue weighted by atomic mass is 9.84. The van der Waals surface area contributed by atoms with Gasteiger partial charge in [0.2, 0.25) is 0 Å². The maximum absolute atomic E-state index is 16.0. The third kappa shape index (κ3) is 4.70. The van der Waals surface area contributed by atoms with Crippen LogP contribution >= 0.6 is 7.14 Å². The molecule has 0 amide bonds. The normalized spacial score (nSPS) is 14.9. The zero-order valence-corrected chi connectivity index (χ0v) is 31.2. The molecule has 0 aliphatic carbocycles. The van der Waals surface area contributed by atoms with Gasteiger partial charge in [-0.2, -0.15) is 0 Å². The number of hydrogen-bond donors (Lipinski definition) is 0. The van der Waals surface area contributed by atoms with Crippen LogP contribution in [0, 0.1) is 0 Å². The summed E-state index contributed by atoms with van der Waals surface area (Å²) in [5, 5.41) is 9.80. The zero-order valence-electron chi connectivity index (χ0n) is 30.3. The lowest BCUT2D eigenvalue weighted by molar-refractivity contribution is 0.592. The van der Waals surface area contributed by atoms with E-state index in [9.17, 15) is 0 Å². The van der Waals surface area contributed by atoms with E-state index >= 15 is 4.57 Å². The van der Waals surface area contributed by atoms with E-state index in [-0.39, 0.29) is 0 Å². The van der Waals surface area contributed by atoms with E-state index in [0.717, 1.165) is 56.0 Å². The SMILES string of the molecule is CCc1nc2cccc3c2n1-c1ccc(-c2ccc4c(-c5ccccc5)c5ccccc5c(-c5ccc6ccccc6c5)c4c2)cc1P3(=O)c1ccccc1. The van der Waals surface area contributed by atoms with E-state index in [1.165, 1.54) is 54.6 Å². The molecule has 10 aromatic rings. The number of nitrogens with zero attached hydrogens (tertiary/aromatic N) is 2. The number of hydrogen-bond acceptors (Lipinski definition) is 2. The summed E-state index contributed by atoms with van der Waals surface area (Å²) in [5.41, 5.74) is 9.72. The van der Waals surface area contributed by atoms with Crippen molar-refractivity contribution in [3.63, 3.8) is 0 Å². The predicted molar refractivity (Wildman–Crippen MR) is 232 cm³/mol. The first-order valence-electron chi connectivity index (χ1n) is 19.0. The molecule has 2 heterocycles. The molecule has 9 aromatic carbocycles. The Balaban J connectivity index is 1.21. The third-order valence-corrected chi connectivity index (χ3v) is 14.6. The van der Waals surface area contributed by atoms with Gasteiger partial charge in [0.1, 0.15) is 5.82 Å². The van der Waals surface area contributed by atoms with Gasteiger partial charge in [-0.05, 0) is 102 Å². The Kier molecular flexibility index (Phi) is 7.11. The molecule has 0 spiro atoms. The number of fused-ring (bicyclic) bond motifs is 5. The van der Waals surface area contributed by atoms with Crippen LogP contribution in [0.2, 0.25) is 0 Å². The van der Waals surface area contributed by atoms with Gasteiger partial charge in [0.15, 0.2) is 7.14 Å². The Morgan fingerprint density at radius 3 is 1.91 bits per heavy atom. The lowest BCUT2D eigenvalue weighted by Crippen LogP contribution is -2.33. The number of imidazole rings is 1. The minimum Gasteiger partial charge on any atom is -0.308 e. The second-order valence-electron chi connectivity index (χ2n) is 14.5. The molecule has 0 radical (unpaired) electrons. The van der Waals surface area contributed by atoms with Gasteiger partial charge in [0.25, 0.3) is 0 Å². The molecule has 3 nitrogen and oxygen atoms in total. The van der Waals surface area contributed by atoms with E-state index in [1.807, 2.05) is 48.5 Å². The maximum atomic E-state index is 16.0. The van der Waals surface area contributed by atoms with Crippen molar-refractivity contribution >= 4 is 66.4 Å². The number of benzene rings is 9. The van der Waals surface area contributed by atoms with Crippen LogP contribution in [0.25, 0.3) is 82.4 Å². The van der Waals surface area contributed by atoms with E-state index in [2.05, 4.69) is 145 Å². The molecule has 1 aliphatic heterocycles. The molecule has 1 atom stereocenters. The molecule has 0 N–H and O–H groups in total. The Hall–Kier alpha value is -6.54. The smallest absolute Gasteiger partial charge is 0.175 e. The molecule has 1 aliphatic rings. The van der Waals surface area contributed by atoms with Crippen molar-refractivity contribution in [1.82, 2.24) is 9.55 Å². The van der Waals surface area contributed by atoms with E-state index < -0.39 is 7.14 Å². The van der Waals surface area contributed by atoms with Gasteiger partial charge in [-0.3, -0.25) is 4.57 Å². The van der Waals surface area contributed by atoms with Gasteiger partial charge >= 0.3 is 0 Å². The van der Waals surface area contributed by atoms with Gasteiger partial charge in [-0.25, -0.2) is 4.98 Å². The van der Waals surface area contributed by atoms with Gasteiger partial charge in [-0.15, -0.1) is 0 Å². The summed E-state index contributed by atoms with van der Waals surface area (Å²) in [7, 11) is -3.28. The summed E-state index contributed by atoms with van der Waals surface area (Å²) < 4.78 is 18.3. The summed E-state index contributed by atoms with van der Waals surface area (Å²) in [4.78, 5) is 5.03. The van der Waals surface area contributed by atoms with Crippen LogP contribution in [0.4, 0.5) is 0 Å². The summed E-state index contributed by atoms with van der Waals surface area (Å²) in [5.74, 6) is 0.974. The molecule has 0 saturated heterocycles. The first-order chi connectivity index (χ1) is 27.1. The van der Waals surface area contributed by atoms with Crippen LogP contribution in [-0.4, -0.2) is 9.55 Å². The van der Waals surface area contributed by atoms with Crippen molar-refractivity contribution in [3.8, 4) is 39.1 Å². The summed E-state index contributed by atoms with van der Waals surface area (Å²) in [6.07, 6.45) is 0.769. The molecule has 4 heteroatoms. The lowest BCUT2D eigenvalue weighted by Gasteiger charge is -2.29. The Morgan fingerprint density at radius 1 is 0.491 bits per heavy atom. The van der Waals surface area contributed by atoms with Gasteiger partial charge in [0, 0.05) is 22.3 Å². The first-order valence-corrected chi connectivity index (χ1v) is 20.7. The fourth-order valence-electron chi connectivity index (χ4n) is 9.03. The van der Waals surface area contributed by atoms with Crippen LogP contribution < -0.4 is 15.9 Å². The Labute approximate surface area is 319 Å². The highest BCUT2D eigenvalue weighted by Gasteiger charge is 2.40. The molecule has 0 fully saturated rings. The average molecular weight is 723 g/mol. The average Bonchev–Trinajstić information content (AvgIpc) is 3.64. The quantitative estimate of drug-likeness (QED) is 0.131. The van der Waals surface area contributed by atoms with Crippen LogP contribution in [-0.2, 0) is 11.0 Å². The van der Waals surface area contributed by atoms with Crippen molar-refractivity contribution in [2.75, 3.05) is 0 Å². The van der Waals surface area contributed by atoms with Crippen LogP contribution in [0.3, 0.4) is 0 Å². The van der Waals surface area contributed by atoms with Crippen molar-refractivity contribution in [2.24, 2.45) is 0 Å². The van der Waals surface area contributed by atoms with E-state index in [4.69, 9.17) is 4.98 Å². The minimum atomic E-state index is -3.28. The molecule has 1 unspecified atom stereocenters. The fraction of sp³-hybridized carbons (Fsp3) is 0.0392. The largest absolute Gasteiger partial charge is 0.308 e. The van der Waals surface area contributed by atoms with Gasteiger partial charge < -0.3 is 4.57 Å². The second-order valence-corrected chi connectivity index (χ2v) is 17.2. The highest BCUT2D eigenvalue weighted by Crippen LogP contribution is 2.51. The van der Waals surface area contributed by atoms with Crippen molar-refractivity contribution in [3.05, 3.63) is 188 Å². The van der Waals surface area contributed by atoms with Crippen molar-refractivity contribution in [2.45, 2.75) is 13.3 Å². The van der Waals surface area contributed by atoms with Crippen molar-refractivity contribution < 1.29 is 4.57 Å². The maximum Gasteiger partial charge on any atom is 0.175 e. The van der Waals surface area contributed by atoms with Crippen molar-refractivity contribution in [1.29, 1.82) is 0 Å². The molecule has 1 aromatic heterocycles. The van der Waals surface area contributed by atoms with E-state index in [1.54, 1.807) is 0 Å². The molecule has 55 heavy (non-hydrogen) atoms. The summed E-state index contributed by atoms with van der Waals surface area (Å²) in [6.45, 7) is 2.14. The highest BCUT2D eigenvalue weighted by atomic mass is 31.2. The highest BCUT2D eigenvalue weighted by molar-refractivity contribution is 7.86. The molecule has 0 saturated carbocycles. The fourth-order valence-corrected chi connectivity index (χ4v) is 12.1. The standard InChI is InChI=1S/C51H35N2OP/c1-2-48-52-44-22-13-23-46-51(44)53(48)45-29-27-37(32-47(45)55(46,54)39-18-7-4-8-19-39)36-26-28-42-43(31-36)50(38-25-24-33-14-9-10-17-35(33)30-38)41-21-12-11-20-40(41)49(42)34-15-5-3-6-16-34/h3-32H,2H2,1H3. The predicted octanol–water partition coefficient (Wildman–Crippen LogP) is 12.0.